The molecule has 2 nitrogen and oxygen atoms in total. The van der Waals surface area contributed by atoms with Crippen molar-refractivity contribution in [3.63, 3.8) is 0 Å². The van der Waals surface area contributed by atoms with Crippen LogP contribution in [0, 0.1) is 0 Å². The van der Waals surface area contributed by atoms with Crippen LogP contribution in [-0.2, 0) is 4.74 Å². The summed E-state index contributed by atoms with van der Waals surface area (Å²) >= 11 is 0. The average molecular weight is 133 g/mol. The van der Waals surface area contributed by atoms with Gasteiger partial charge in [0.15, 0.2) is 0 Å². The fraction of sp³-hybridized carbons (Fsp3) is 1.00. The third-order valence-electron chi connectivity index (χ3n) is 1.36. The van der Waals surface area contributed by atoms with Gasteiger partial charge in [0.25, 0.3) is 0 Å². The van der Waals surface area contributed by atoms with Gasteiger partial charge in [-0.1, -0.05) is 0 Å². The lowest BCUT2D eigenvalue weighted by molar-refractivity contribution is 0.238. The Morgan fingerprint density at radius 2 is 2.44 bits per heavy atom. The Morgan fingerprint density at radius 3 is 2.78 bits per heavy atom. The first-order valence-corrected chi connectivity index (χ1v) is 3.14. The Morgan fingerprint density at radius 1 is 1.89 bits per heavy atom. The molecule has 0 spiro atoms. The van der Waals surface area contributed by atoms with E-state index in [9.17, 15) is 4.39 Å². The highest BCUT2D eigenvalue weighted by Gasteiger charge is 2.39. The van der Waals surface area contributed by atoms with Crippen molar-refractivity contribution in [1.82, 2.24) is 5.32 Å². The minimum Gasteiger partial charge on any atom is -0.354 e. The van der Waals surface area contributed by atoms with E-state index in [2.05, 4.69) is 5.32 Å². The lowest BCUT2D eigenvalue weighted by Gasteiger charge is -2.12. The summed E-state index contributed by atoms with van der Waals surface area (Å²) in [5.41, 5.74) is -0.217. The number of hydrogen-bond donors (Lipinski definition) is 1. The number of halogens is 1. The number of nitrogens with one attached hydrogen (secondary N) is 1. The van der Waals surface area contributed by atoms with E-state index in [0.29, 0.717) is 6.61 Å². The van der Waals surface area contributed by atoms with Gasteiger partial charge in [0.05, 0.1) is 6.61 Å². The van der Waals surface area contributed by atoms with Crippen molar-refractivity contribution in [3.8, 4) is 0 Å². The Balaban J connectivity index is 2.17. The fourth-order valence-electron chi connectivity index (χ4n) is 0.751. The van der Waals surface area contributed by atoms with Gasteiger partial charge in [-0.25, -0.2) is 4.39 Å². The molecule has 9 heavy (non-hydrogen) atoms. The minimum atomic E-state index is -0.334. The third kappa shape index (κ3) is 1.91. The smallest absolute Gasteiger partial charge is 0.140 e. The van der Waals surface area contributed by atoms with Crippen LogP contribution in [0.4, 0.5) is 4.39 Å². The molecular weight excluding hydrogens is 121 g/mol. The maximum absolute atomic E-state index is 11.8. The monoisotopic (exact) mass is 133 g/mol. The molecule has 1 heterocycles. The molecule has 0 aliphatic carbocycles. The standard InChI is InChI=1S/C6H12FNO/c1-5(3-7)8-6(2)4-9-6/h5,8H,3-4H2,1-2H3/t5-,6-/m1/s1. The van der Waals surface area contributed by atoms with Crippen molar-refractivity contribution < 1.29 is 9.13 Å². The van der Waals surface area contributed by atoms with Crippen molar-refractivity contribution in [2.45, 2.75) is 25.6 Å². The molecule has 0 aromatic rings. The normalized spacial score (nSPS) is 36.3. The van der Waals surface area contributed by atoms with Gasteiger partial charge in [0.2, 0.25) is 0 Å². The zero-order chi connectivity index (χ0) is 6.91. The van der Waals surface area contributed by atoms with E-state index in [1.165, 1.54) is 0 Å². The van der Waals surface area contributed by atoms with Gasteiger partial charge < -0.3 is 4.74 Å². The van der Waals surface area contributed by atoms with E-state index >= 15 is 0 Å². The van der Waals surface area contributed by atoms with E-state index in [-0.39, 0.29) is 18.4 Å². The van der Waals surface area contributed by atoms with E-state index in [0.717, 1.165) is 0 Å². The molecule has 0 unspecified atom stereocenters. The molecule has 54 valence electrons. The summed E-state index contributed by atoms with van der Waals surface area (Å²) < 4.78 is 16.8. The van der Waals surface area contributed by atoms with Crippen LogP contribution in [0.2, 0.25) is 0 Å². The molecule has 1 rings (SSSR count). The average Bonchev–Trinajstić information content (AvgIpc) is 2.48. The summed E-state index contributed by atoms with van der Waals surface area (Å²) in [4.78, 5) is 0. The van der Waals surface area contributed by atoms with Gasteiger partial charge in [-0.05, 0) is 13.8 Å². The van der Waals surface area contributed by atoms with Crippen LogP contribution in [0.3, 0.4) is 0 Å². The first-order valence-electron chi connectivity index (χ1n) is 3.14. The Labute approximate surface area is 54.4 Å². The molecule has 1 fully saturated rings. The molecule has 1 aliphatic rings. The van der Waals surface area contributed by atoms with Crippen molar-refractivity contribution in [2.24, 2.45) is 0 Å². The third-order valence-corrected chi connectivity index (χ3v) is 1.36. The molecule has 3 heteroatoms. The van der Waals surface area contributed by atoms with Crippen molar-refractivity contribution in [3.05, 3.63) is 0 Å². The molecule has 0 amide bonds. The largest absolute Gasteiger partial charge is 0.354 e. The number of ether oxygens (including phenoxy) is 1. The Kier molecular flexibility index (Phi) is 1.73. The second-order valence-electron chi connectivity index (χ2n) is 2.72. The predicted molar refractivity (Wildman–Crippen MR) is 32.9 cm³/mol. The first kappa shape index (κ1) is 6.96. The van der Waals surface area contributed by atoms with Crippen molar-refractivity contribution in [1.29, 1.82) is 0 Å². The van der Waals surface area contributed by atoms with Gasteiger partial charge in [-0.3, -0.25) is 5.32 Å². The van der Waals surface area contributed by atoms with E-state index < -0.39 is 0 Å². The summed E-state index contributed by atoms with van der Waals surface area (Å²) in [7, 11) is 0. The molecule has 1 N–H and O–H groups in total. The minimum absolute atomic E-state index is 0.0856. The Bertz CT molecular complexity index is 103. The lowest BCUT2D eigenvalue weighted by Crippen LogP contribution is -2.38. The molecule has 0 aromatic carbocycles. The molecule has 2 atom stereocenters. The quantitative estimate of drug-likeness (QED) is 0.572. The van der Waals surface area contributed by atoms with Crippen molar-refractivity contribution >= 4 is 0 Å². The summed E-state index contributed by atoms with van der Waals surface area (Å²) in [6.07, 6.45) is 0. The highest BCUT2D eigenvalue weighted by atomic mass is 19.1. The number of epoxide rings is 1. The van der Waals surface area contributed by atoms with E-state index in [1.807, 2.05) is 6.92 Å². The van der Waals surface area contributed by atoms with Crippen LogP contribution in [0.15, 0.2) is 0 Å². The van der Waals surface area contributed by atoms with Gasteiger partial charge in [0, 0.05) is 6.04 Å². The van der Waals surface area contributed by atoms with Crippen LogP contribution in [0.5, 0.6) is 0 Å². The van der Waals surface area contributed by atoms with Gasteiger partial charge in [-0.2, -0.15) is 0 Å². The number of alkyl halides is 1. The summed E-state index contributed by atoms with van der Waals surface area (Å²) in [6.45, 7) is 4.09. The number of rotatable bonds is 3. The van der Waals surface area contributed by atoms with Crippen LogP contribution in [0.25, 0.3) is 0 Å². The highest BCUT2D eigenvalue weighted by Crippen LogP contribution is 2.22. The van der Waals surface area contributed by atoms with Crippen LogP contribution < -0.4 is 5.32 Å². The second kappa shape index (κ2) is 2.23. The summed E-state index contributed by atoms with van der Waals surface area (Å²) in [6, 6.07) is -0.0856. The maximum Gasteiger partial charge on any atom is 0.140 e. The molecule has 1 saturated heterocycles. The molecule has 0 aromatic heterocycles. The molecule has 0 bridgehead atoms. The van der Waals surface area contributed by atoms with Crippen LogP contribution >= 0.6 is 0 Å². The van der Waals surface area contributed by atoms with Gasteiger partial charge >= 0.3 is 0 Å². The lowest BCUT2D eigenvalue weighted by atomic mass is 10.3. The van der Waals surface area contributed by atoms with Crippen LogP contribution in [-0.4, -0.2) is 25.0 Å². The summed E-state index contributed by atoms with van der Waals surface area (Å²) in [5.74, 6) is 0. The highest BCUT2D eigenvalue weighted by molar-refractivity contribution is 4.85. The zero-order valence-corrected chi connectivity index (χ0v) is 5.78. The first-order chi connectivity index (χ1) is 4.16. The molecular formula is C6H12FNO. The predicted octanol–water partition coefficient (Wildman–Crippen LogP) is 0.680. The van der Waals surface area contributed by atoms with Gasteiger partial charge in [0.1, 0.15) is 12.4 Å². The molecule has 0 saturated carbocycles. The molecule has 1 aliphatic heterocycles. The SMILES string of the molecule is C[C@H](CF)N[C@@]1(C)CO1. The number of hydrogen-bond acceptors (Lipinski definition) is 2. The summed E-state index contributed by atoms with van der Waals surface area (Å²) in [5, 5.41) is 2.98. The molecule has 0 radical (unpaired) electrons. The maximum atomic E-state index is 11.8. The fourth-order valence-corrected chi connectivity index (χ4v) is 0.751. The Hall–Kier alpha value is -0.150. The van der Waals surface area contributed by atoms with E-state index in [4.69, 9.17) is 4.74 Å². The van der Waals surface area contributed by atoms with E-state index in [1.54, 1.807) is 6.92 Å². The van der Waals surface area contributed by atoms with Crippen LogP contribution in [0.1, 0.15) is 13.8 Å². The van der Waals surface area contributed by atoms with Crippen molar-refractivity contribution in [2.75, 3.05) is 13.3 Å². The van der Waals surface area contributed by atoms with Gasteiger partial charge in [-0.15, -0.1) is 0 Å². The zero-order valence-electron chi connectivity index (χ0n) is 5.78. The second-order valence-corrected chi connectivity index (χ2v) is 2.72. The topological polar surface area (TPSA) is 24.6 Å².